The average Bonchev–Trinajstić information content (AvgIpc) is 2.64. The van der Waals surface area contributed by atoms with E-state index in [9.17, 15) is 0 Å². The first-order valence-corrected chi connectivity index (χ1v) is 11.3. The number of allylic oxidation sites excluding steroid dienone is 3. The quantitative estimate of drug-likeness (QED) is 0.111. The molecule has 0 fully saturated rings. The van der Waals surface area contributed by atoms with E-state index in [-0.39, 0.29) is 0 Å². The van der Waals surface area contributed by atoms with Crippen molar-refractivity contribution in [3.63, 3.8) is 0 Å². The second-order valence-corrected chi connectivity index (χ2v) is 8.27. The lowest BCUT2D eigenvalue weighted by atomic mass is 10.1. The molecule has 1 nitrogen and oxygen atoms in total. The van der Waals surface area contributed by atoms with Crippen molar-refractivity contribution in [3.05, 3.63) is 38.0 Å². The van der Waals surface area contributed by atoms with Crippen LogP contribution in [0.1, 0.15) is 96.3 Å². The van der Waals surface area contributed by atoms with Gasteiger partial charge in [0.2, 0.25) is 0 Å². The third-order valence-corrected chi connectivity index (χ3v) is 5.57. The highest BCUT2D eigenvalue weighted by Crippen LogP contribution is 2.15. The first kappa shape index (κ1) is 25.2. The third-order valence-electron chi connectivity index (χ3n) is 5.57. The normalized spacial score (nSPS) is 11.4. The number of hydrogen-bond donors (Lipinski definition) is 0. The van der Waals surface area contributed by atoms with Gasteiger partial charge in [-0.15, -0.1) is 19.7 Å². The summed E-state index contributed by atoms with van der Waals surface area (Å²) in [6.07, 6.45) is 26.1. The Morgan fingerprint density at radius 3 is 1.00 bits per heavy atom. The Labute approximate surface area is 165 Å². The SMILES string of the molecule is C=CCCCCCC[N+](C)(CCCCCCC=C)CCCCCCC=C. The molecule has 0 N–H and O–H groups in total. The predicted octanol–water partition coefficient (Wildman–Crippen LogP) is 7.84. The van der Waals surface area contributed by atoms with Gasteiger partial charge in [-0.1, -0.05) is 37.5 Å². The van der Waals surface area contributed by atoms with Gasteiger partial charge in [-0.3, -0.25) is 0 Å². The zero-order chi connectivity index (χ0) is 19.3. The number of quaternary nitrogens is 1. The molecule has 0 radical (unpaired) electrons. The standard InChI is InChI=1S/C25H48N/c1-5-8-11-14-17-20-23-26(4,24-21-18-15-12-9-6-2)25-22-19-16-13-10-7-3/h5-7H,1-3,8-25H2,4H3/q+1. The van der Waals surface area contributed by atoms with Crippen LogP contribution in [-0.4, -0.2) is 31.2 Å². The Hall–Kier alpha value is -0.820. The Balaban J connectivity index is 4.07. The van der Waals surface area contributed by atoms with Crippen molar-refractivity contribution in [1.82, 2.24) is 0 Å². The van der Waals surface area contributed by atoms with Crippen LogP contribution in [0.2, 0.25) is 0 Å². The number of hydrogen-bond acceptors (Lipinski definition) is 0. The van der Waals surface area contributed by atoms with Crippen LogP contribution in [0.4, 0.5) is 0 Å². The van der Waals surface area contributed by atoms with Gasteiger partial charge in [-0.25, -0.2) is 0 Å². The lowest BCUT2D eigenvalue weighted by Gasteiger charge is -2.35. The zero-order valence-corrected chi connectivity index (χ0v) is 18.0. The highest BCUT2D eigenvalue weighted by Gasteiger charge is 2.20. The summed E-state index contributed by atoms with van der Waals surface area (Å²) >= 11 is 0. The fourth-order valence-electron chi connectivity index (χ4n) is 3.74. The molecule has 0 amide bonds. The van der Waals surface area contributed by atoms with Gasteiger partial charge in [-0.2, -0.15) is 0 Å². The molecule has 0 atom stereocenters. The maximum atomic E-state index is 3.82. The molecule has 0 saturated heterocycles. The Bertz CT molecular complexity index is 281. The van der Waals surface area contributed by atoms with Crippen LogP contribution < -0.4 is 0 Å². The summed E-state index contributed by atoms with van der Waals surface area (Å²) in [5.41, 5.74) is 0. The molecule has 0 rings (SSSR count). The van der Waals surface area contributed by atoms with E-state index in [1.54, 1.807) is 0 Å². The molecule has 0 heterocycles. The Morgan fingerprint density at radius 2 is 0.731 bits per heavy atom. The molecule has 0 aliphatic carbocycles. The van der Waals surface area contributed by atoms with Crippen molar-refractivity contribution in [2.24, 2.45) is 0 Å². The van der Waals surface area contributed by atoms with Gasteiger partial charge < -0.3 is 4.48 Å². The molecular weight excluding hydrogens is 314 g/mol. The van der Waals surface area contributed by atoms with Crippen molar-refractivity contribution in [2.75, 3.05) is 26.7 Å². The topological polar surface area (TPSA) is 0 Å². The smallest absolute Gasteiger partial charge is 0.0784 e. The molecule has 0 aliphatic heterocycles. The van der Waals surface area contributed by atoms with Gasteiger partial charge in [0.1, 0.15) is 0 Å². The minimum Gasteiger partial charge on any atom is -0.326 e. The number of rotatable bonds is 21. The van der Waals surface area contributed by atoms with Gasteiger partial charge in [0, 0.05) is 0 Å². The van der Waals surface area contributed by atoms with Gasteiger partial charge in [0.15, 0.2) is 0 Å². The van der Waals surface area contributed by atoms with E-state index < -0.39 is 0 Å². The monoisotopic (exact) mass is 362 g/mol. The fraction of sp³-hybridized carbons (Fsp3) is 0.760. The molecule has 0 aliphatic rings. The molecule has 1 heteroatoms. The van der Waals surface area contributed by atoms with Crippen LogP contribution in [0.25, 0.3) is 0 Å². The summed E-state index contributed by atoms with van der Waals surface area (Å²) < 4.78 is 1.30. The molecule has 0 aromatic rings. The van der Waals surface area contributed by atoms with Gasteiger partial charge in [0.05, 0.1) is 26.7 Å². The molecule has 26 heavy (non-hydrogen) atoms. The maximum Gasteiger partial charge on any atom is 0.0784 e. The minimum absolute atomic E-state index is 1.18. The van der Waals surface area contributed by atoms with E-state index in [0.717, 1.165) is 0 Å². The van der Waals surface area contributed by atoms with E-state index in [2.05, 4.69) is 45.0 Å². The molecule has 0 aromatic carbocycles. The van der Waals surface area contributed by atoms with Crippen LogP contribution in [-0.2, 0) is 0 Å². The predicted molar refractivity (Wildman–Crippen MR) is 121 cm³/mol. The van der Waals surface area contributed by atoms with Gasteiger partial charge >= 0.3 is 0 Å². The van der Waals surface area contributed by atoms with E-state index >= 15 is 0 Å². The lowest BCUT2D eigenvalue weighted by Crippen LogP contribution is -2.46. The second kappa shape index (κ2) is 19.0. The summed E-state index contributed by atoms with van der Waals surface area (Å²) in [6, 6.07) is 0. The summed E-state index contributed by atoms with van der Waals surface area (Å²) in [4.78, 5) is 0. The van der Waals surface area contributed by atoms with Crippen LogP contribution >= 0.6 is 0 Å². The molecule has 0 unspecified atom stereocenters. The van der Waals surface area contributed by atoms with E-state index in [4.69, 9.17) is 0 Å². The molecule has 0 bridgehead atoms. The van der Waals surface area contributed by atoms with Crippen molar-refractivity contribution in [1.29, 1.82) is 0 Å². The highest BCUT2D eigenvalue weighted by atomic mass is 15.3. The van der Waals surface area contributed by atoms with E-state index in [1.807, 2.05) is 0 Å². The van der Waals surface area contributed by atoms with Crippen LogP contribution in [0, 0.1) is 0 Å². The van der Waals surface area contributed by atoms with E-state index in [0.29, 0.717) is 0 Å². The summed E-state index contributed by atoms with van der Waals surface area (Å²) in [6.45, 7) is 15.6. The lowest BCUT2D eigenvalue weighted by molar-refractivity contribution is -0.910. The van der Waals surface area contributed by atoms with Crippen molar-refractivity contribution >= 4 is 0 Å². The third kappa shape index (κ3) is 16.6. The molecule has 0 spiro atoms. The van der Waals surface area contributed by atoms with Crippen LogP contribution in [0.3, 0.4) is 0 Å². The first-order valence-electron chi connectivity index (χ1n) is 11.3. The van der Waals surface area contributed by atoms with Gasteiger partial charge in [0.25, 0.3) is 0 Å². The largest absolute Gasteiger partial charge is 0.326 e. The van der Waals surface area contributed by atoms with Gasteiger partial charge in [-0.05, 0) is 77.0 Å². The van der Waals surface area contributed by atoms with E-state index in [1.165, 1.54) is 120 Å². The average molecular weight is 363 g/mol. The first-order chi connectivity index (χ1) is 12.7. The molecular formula is C25H48N+. The molecule has 152 valence electrons. The van der Waals surface area contributed by atoms with Crippen molar-refractivity contribution in [3.8, 4) is 0 Å². The van der Waals surface area contributed by atoms with Crippen LogP contribution in [0.5, 0.6) is 0 Å². The Morgan fingerprint density at radius 1 is 0.462 bits per heavy atom. The summed E-state index contributed by atoms with van der Waals surface area (Å²) in [5, 5.41) is 0. The fourth-order valence-corrected chi connectivity index (χ4v) is 3.74. The van der Waals surface area contributed by atoms with Crippen molar-refractivity contribution < 1.29 is 4.48 Å². The summed E-state index contributed by atoms with van der Waals surface area (Å²) in [7, 11) is 2.51. The maximum absolute atomic E-state index is 3.82. The highest BCUT2D eigenvalue weighted by molar-refractivity contribution is 4.66. The molecule has 0 aromatic heterocycles. The molecule has 0 saturated carbocycles. The zero-order valence-electron chi connectivity index (χ0n) is 18.0. The Kier molecular flexibility index (Phi) is 18.4. The minimum atomic E-state index is 1.18. The second-order valence-electron chi connectivity index (χ2n) is 8.27. The van der Waals surface area contributed by atoms with Crippen molar-refractivity contribution in [2.45, 2.75) is 96.3 Å². The summed E-state index contributed by atoms with van der Waals surface area (Å²) in [5.74, 6) is 0. The number of nitrogens with zero attached hydrogens (tertiary/aromatic N) is 1. The van der Waals surface area contributed by atoms with Crippen LogP contribution in [0.15, 0.2) is 38.0 Å². The number of unbranched alkanes of at least 4 members (excludes halogenated alkanes) is 12.